The van der Waals surface area contributed by atoms with Crippen LogP contribution in [0.15, 0.2) is 34.3 Å². The molecule has 0 spiro atoms. The molecule has 2 aromatic rings. The first-order chi connectivity index (χ1) is 11.3. The average molecular weight is 418 g/mol. The Labute approximate surface area is 163 Å². The topological polar surface area (TPSA) is 36.1 Å². The highest BCUT2D eigenvalue weighted by Crippen LogP contribution is 2.12. The minimum atomic E-state index is 0.494. The van der Waals surface area contributed by atoms with Crippen molar-refractivity contribution in [1.82, 2.24) is 14.4 Å². The van der Waals surface area contributed by atoms with Crippen molar-refractivity contribution in [2.45, 2.75) is 0 Å². The zero-order chi connectivity index (χ0) is 17.9. The molecular weight excluding hydrogens is 402 g/mol. The van der Waals surface area contributed by atoms with E-state index >= 15 is 0 Å². The summed E-state index contributed by atoms with van der Waals surface area (Å²) in [6.07, 6.45) is 0. The maximum absolute atomic E-state index is 6.00. The zero-order valence-electron chi connectivity index (χ0n) is 13.6. The molecule has 0 aliphatic rings. The van der Waals surface area contributed by atoms with Crippen molar-refractivity contribution >= 4 is 66.9 Å². The Balaban J connectivity index is 2.71. The van der Waals surface area contributed by atoms with Crippen molar-refractivity contribution in [2.75, 3.05) is 28.2 Å². The van der Waals surface area contributed by atoms with Gasteiger partial charge in [0.15, 0.2) is 10.2 Å². The normalized spacial score (nSPS) is 12.4. The lowest BCUT2D eigenvalue weighted by atomic mass is 10.3. The van der Waals surface area contributed by atoms with Crippen LogP contribution in [-0.4, -0.2) is 52.8 Å². The number of thiocarbonyl (C=S) groups is 2. The van der Waals surface area contributed by atoms with Gasteiger partial charge in [-0.05, 0) is 69.4 Å². The Morgan fingerprint density at radius 3 is 1.71 bits per heavy atom. The summed E-state index contributed by atoms with van der Waals surface area (Å²) in [4.78, 5) is 14.1. The summed E-state index contributed by atoms with van der Waals surface area (Å²) in [5, 5.41) is 1.66. The lowest BCUT2D eigenvalue weighted by Crippen LogP contribution is -2.29. The highest BCUT2D eigenvalue weighted by atomic mass is 35.5. The first-order valence-corrected chi connectivity index (χ1v) is 10.1. The van der Waals surface area contributed by atoms with Gasteiger partial charge in [0.1, 0.15) is 0 Å². The summed E-state index contributed by atoms with van der Waals surface area (Å²) < 4.78 is 1.93. The van der Waals surface area contributed by atoms with Crippen molar-refractivity contribution in [2.24, 2.45) is 9.98 Å². The van der Waals surface area contributed by atoms with E-state index < -0.39 is 0 Å². The fraction of sp³-hybridized carbons (Fsp3) is 0.286. The molecule has 0 saturated carbocycles. The van der Waals surface area contributed by atoms with Crippen LogP contribution in [0.2, 0.25) is 5.02 Å². The number of halogens is 1. The van der Waals surface area contributed by atoms with Gasteiger partial charge in [-0.2, -0.15) is 9.98 Å². The maximum Gasteiger partial charge on any atom is 0.209 e. The number of rotatable bonds is 1. The van der Waals surface area contributed by atoms with Crippen molar-refractivity contribution < 1.29 is 0 Å². The molecule has 5 nitrogen and oxygen atoms in total. The minimum absolute atomic E-state index is 0.494. The van der Waals surface area contributed by atoms with Gasteiger partial charge in [-0.15, -0.1) is 0 Å². The van der Waals surface area contributed by atoms with Gasteiger partial charge in [-0.3, -0.25) is 4.57 Å². The molecule has 2 rings (SSSR count). The van der Waals surface area contributed by atoms with Crippen molar-refractivity contribution in [3.05, 3.63) is 38.9 Å². The lowest BCUT2D eigenvalue weighted by Gasteiger charge is -2.09. The number of hydrogen-bond donors (Lipinski definition) is 0. The van der Waals surface area contributed by atoms with E-state index in [4.69, 9.17) is 36.0 Å². The highest BCUT2D eigenvalue weighted by Gasteiger charge is 2.08. The molecule has 0 amide bonds. The second-order valence-corrected chi connectivity index (χ2v) is 8.35. The van der Waals surface area contributed by atoms with E-state index in [0.29, 0.717) is 15.2 Å². The molecule has 0 saturated heterocycles. The fourth-order valence-corrected chi connectivity index (χ4v) is 4.06. The zero-order valence-corrected chi connectivity index (χ0v) is 17.6. The molecule has 128 valence electrons. The Bertz CT molecular complexity index is 824. The Hall–Kier alpha value is -1.13. The molecule has 0 fully saturated rings. The van der Waals surface area contributed by atoms with Crippen molar-refractivity contribution in [3.63, 3.8) is 0 Å². The van der Waals surface area contributed by atoms with E-state index in [1.807, 2.05) is 57.0 Å². The van der Waals surface area contributed by atoms with Crippen LogP contribution in [0.4, 0.5) is 0 Å². The molecular formula is C14H16ClN5S4. The quantitative estimate of drug-likeness (QED) is 0.528. The van der Waals surface area contributed by atoms with Gasteiger partial charge >= 0.3 is 0 Å². The summed E-state index contributed by atoms with van der Waals surface area (Å²) in [5.41, 5.74) is 0.900. The first kappa shape index (κ1) is 19.2. The number of hydrogen-bond acceptors (Lipinski definition) is 4. The van der Waals surface area contributed by atoms with Crippen LogP contribution in [-0.2, 0) is 0 Å². The summed E-state index contributed by atoms with van der Waals surface area (Å²) in [7, 11) is 10.4. The predicted molar refractivity (Wildman–Crippen MR) is 110 cm³/mol. The van der Waals surface area contributed by atoms with Gasteiger partial charge in [-0.25, -0.2) is 0 Å². The molecule has 0 radical (unpaired) electrons. The lowest BCUT2D eigenvalue weighted by molar-refractivity contribution is 0.624. The van der Waals surface area contributed by atoms with Gasteiger partial charge in [0, 0.05) is 33.2 Å². The SMILES string of the molecule is CN(C)C(=S)N=c1ssc(=NC(=S)N(C)C)n1-c1ccc(Cl)cc1. The number of nitrogens with zero attached hydrogens (tertiary/aromatic N) is 5. The number of benzene rings is 1. The monoisotopic (exact) mass is 417 g/mol. The summed E-state index contributed by atoms with van der Waals surface area (Å²) >= 11 is 16.6. The van der Waals surface area contributed by atoms with Gasteiger partial charge in [-0.1, -0.05) is 11.6 Å². The van der Waals surface area contributed by atoms with Crippen LogP contribution in [0.1, 0.15) is 0 Å². The third kappa shape index (κ3) is 4.70. The van der Waals surface area contributed by atoms with Crippen molar-refractivity contribution in [1.29, 1.82) is 0 Å². The molecule has 0 unspecified atom stereocenters. The van der Waals surface area contributed by atoms with Crippen LogP contribution >= 0.6 is 56.7 Å². The fourth-order valence-electron chi connectivity index (χ4n) is 1.54. The van der Waals surface area contributed by atoms with Crippen LogP contribution < -0.4 is 9.60 Å². The number of aromatic nitrogens is 1. The third-order valence-electron chi connectivity index (χ3n) is 2.81. The van der Waals surface area contributed by atoms with Crippen LogP contribution in [0.25, 0.3) is 5.69 Å². The molecule has 0 aliphatic carbocycles. The maximum atomic E-state index is 6.00. The van der Waals surface area contributed by atoms with Crippen LogP contribution in [0, 0.1) is 0 Å². The Morgan fingerprint density at radius 1 is 0.917 bits per heavy atom. The predicted octanol–water partition coefficient (Wildman–Crippen LogP) is 2.75. The Kier molecular flexibility index (Phi) is 6.64. The first-order valence-electron chi connectivity index (χ1n) is 6.79. The Morgan fingerprint density at radius 2 is 1.33 bits per heavy atom. The highest BCUT2D eigenvalue weighted by molar-refractivity contribution is 7.80. The average Bonchev–Trinajstić information content (AvgIpc) is 2.90. The molecule has 24 heavy (non-hydrogen) atoms. The molecule has 0 bridgehead atoms. The summed E-state index contributed by atoms with van der Waals surface area (Å²) in [6, 6.07) is 7.48. The molecule has 0 atom stereocenters. The minimum Gasteiger partial charge on any atom is -0.353 e. The third-order valence-corrected chi connectivity index (χ3v) is 6.04. The van der Waals surface area contributed by atoms with Gasteiger partial charge in [0.25, 0.3) is 0 Å². The molecule has 10 heteroatoms. The van der Waals surface area contributed by atoms with E-state index in [0.717, 1.165) is 15.3 Å². The van der Waals surface area contributed by atoms with E-state index in [1.165, 1.54) is 20.7 Å². The van der Waals surface area contributed by atoms with E-state index in [9.17, 15) is 0 Å². The smallest absolute Gasteiger partial charge is 0.209 e. The summed E-state index contributed by atoms with van der Waals surface area (Å²) in [5.74, 6) is 0. The molecule has 0 aliphatic heterocycles. The standard InChI is InChI=1S/C14H16ClN5S4/c1-18(2)11(21)16-13-20(10-7-5-9(15)6-8-10)14(24-23-13)17-12(22)19(3)4/h5-8H,1-4H3. The second-order valence-electron chi connectivity index (χ2n) is 5.12. The van der Waals surface area contributed by atoms with Gasteiger partial charge in [0.2, 0.25) is 9.60 Å². The van der Waals surface area contributed by atoms with E-state index in [2.05, 4.69) is 9.98 Å². The van der Waals surface area contributed by atoms with Gasteiger partial charge < -0.3 is 9.80 Å². The molecule has 1 aromatic carbocycles. The van der Waals surface area contributed by atoms with Crippen molar-refractivity contribution in [3.8, 4) is 5.69 Å². The van der Waals surface area contributed by atoms with Crippen LogP contribution in [0.3, 0.4) is 0 Å². The molecule has 0 N–H and O–H groups in total. The largest absolute Gasteiger partial charge is 0.353 e. The summed E-state index contributed by atoms with van der Waals surface area (Å²) in [6.45, 7) is 0. The molecule has 1 aromatic heterocycles. The van der Waals surface area contributed by atoms with Gasteiger partial charge in [0.05, 0.1) is 5.69 Å². The van der Waals surface area contributed by atoms with Crippen LogP contribution in [0.5, 0.6) is 0 Å². The second kappa shape index (κ2) is 8.30. The van der Waals surface area contributed by atoms with E-state index in [-0.39, 0.29) is 0 Å². The molecule has 1 heterocycles. The van der Waals surface area contributed by atoms with E-state index in [1.54, 1.807) is 9.80 Å².